The molecule has 0 aliphatic rings. The number of carboxylic acids is 2. The van der Waals surface area contributed by atoms with Crippen LogP contribution < -0.4 is 29.6 Å². The van der Waals surface area contributed by atoms with E-state index in [1.54, 1.807) is 6.92 Å². The minimum absolute atomic E-state index is 0. The Morgan fingerprint density at radius 3 is 2.05 bits per heavy atom. The predicted molar refractivity (Wildman–Crippen MR) is 83.9 cm³/mol. The van der Waals surface area contributed by atoms with Crippen LogP contribution in [-0.4, -0.2) is 40.7 Å². The van der Waals surface area contributed by atoms with Crippen LogP contribution >= 0.6 is 0 Å². The second-order valence-electron chi connectivity index (χ2n) is 5.04. The van der Waals surface area contributed by atoms with Gasteiger partial charge in [-0.1, -0.05) is 27.7 Å². The van der Waals surface area contributed by atoms with E-state index in [0.717, 1.165) is 12.8 Å². The van der Waals surface area contributed by atoms with Gasteiger partial charge in [-0.25, -0.2) is 4.79 Å². The van der Waals surface area contributed by atoms with Crippen molar-refractivity contribution < 1.29 is 55.5 Å². The van der Waals surface area contributed by atoms with Gasteiger partial charge in [0.2, 0.25) is 0 Å². The summed E-state index contributed by atoms with van der Waals surface area (Å²) < 4.78 is 5.51. The van der Waals surface area contributed by atoms with Crippen molar-refractivity contribution >= 4 is 17.7 Å². The average molecular weight is 327 g/mol. The zero-order chi connectivity index (χ0) is 16.8. The van der Waals surface area contributed by atoms with E-state index in [0.29, 0.717) is 18.9 Å². The van der Waals surface area contributed by atoms with Crippen molar-refractivity contribution in [3.63, 3.8) is 0 Å². The van der Waals surface area contributed by atoms with Crippen molar-refractivity contribution in [2.75, 3.05) is 6.61 Å². The monoisotopic (exact) mass is 327 g/mol. The number of nitrogens with zero attached hydrogens (tertiary/aromatic N) is 1. The van der Waals surface area contributed by atoms with Gasteiger partial charge in [0, 0.05) is 13.0 Å². The van der Waals surface area contributed by atoms with Gasteiger partial charge >= 0.3 is 41.5 Å². The molecule has 0 heterocycles. The largest absolute Gasteiger partial charge is 1.00 e. The Labute approximate surface area is 157 Å². The molecule has 0 radical (unpaired) electrons. The van der Waals surface area contributed by atoms with Gasteiger partial charge in [0.15, 0.2) is 0 Å². The molecule has 0 saturated heterocycles. The summed E-state index contributed by atoms with van der Waals surface area (Å²) in [5.74, 6) is -1.05. The summed E-state index contributed by atoms with van der Waals surface area (Å²) in [6.45, 7) is 10.0. The molecule has 0 fully saturated rings. The second-order valence-corrected chi connectivity index (χ2v) is 5.04. The minimum atomic E-state index is -0.982. The molecule has 22 heavy (non-hydrogen) atoms. The summed E-state index contributed by atoms with van der Waals surface area (Å²) in [6, 6.07) is 0. The molecule has 0 aromatic carbocycles. The van der Waals surface area contributed by atoms with Crippen molar-refractivity contribution in [3.05, 3.63) is 0 Å². The van der Waals surface area contributed by atoms with Crippen LogP contribution in [0.25, 0.3) is 0 Å². The first-order chi connectivity index (χ1) is 9.74. The summed E-state index contributed by atoms with van der Waals surface area (Å²) in [4.78, 5) is 24.0. The Bertz CT molecular complexity index is 338. The third kappa shape index (κ3) is 19.6. The van der Waals surface area contributed by atoms with Crippen LogP contribution in [0.1, 0.15) is 61.7 Å². The van der Waals surface area contributed by atoms with Crippen LogP contribution in [0.5, 0.6) is 0 Å². The molecule has 1 atom stereocenters. The summed E-state index contributed by atoms with van der Waals surface area (Å²) in [6.07, 6.45) is 2.73. The molecule has 6 nitrogen and oxygen atoms in total. The van der Waals surface area contributed by atoms with E-state index < -0.39 is 11.9 Å². The molecular formula is C15H30NNaO5. The molecule has 0 aliphatic carbocycles. The van der Waals surface area contributed by atoms with Crippen molar-refractivity contribution in [2.24, 2.45) is 10.9 Å². The van der Waals surface area contributed by atoms with Gasteiger partial charge in [-0.15, -0.1) is 0 Å². The van der Waals surface area contributed by atoms with Gasteiger partial charge in [-0.2, -0.15) is 0 Å². The van der Waals surface area contributed by atoms with Crippen LogP contribution in [0.2, 0.25) is 0 Å². The average Bonchev–Trinajstić information content (AvgIpc) is 2.42. The molecule has 0 saturated carbocycles. The van der Waals surface area contributed by atoms with Crippen molar-refractivity contribution in [3.8, 4) is 0 Å². The third-order valence-corrected chi connectivity index (χ3v) is 2.53. The Hall–Kier alpha value is -0.430. The number of rotatable bonds is 9. The summed E-state index contributed by atoms with van der Waals surface area (Å²) in [7, 11) is 0. The molecule has 0 amide bonds. The molecule has 1 unspecified atom stereocenters. The normalized spacial score (nSPS) is 12.0. The van der Waals surface area contributed by atoms with Gasteiger partial charge in [0.05, 0.1) is 0 Å². The molecular weight excluding hydrogens is 297 g/mol. The van der Waals surface area contributed by atoms with Crippen LogP contribution in [0.15, 0.2) is 4.99 Å². The molecule has 0 aromatic rings. The van der Waals surface area contributed by atoms with E-state index in [1.165, 1.54) is 6.92 Å². The van der Waals surface area contributed by atoms with E-state index >= 15 is 0 Å². The fourth-order valence-electron chi connectivity index (χ4n) is 1.23. The Morgan fingerprint density at radius 2 is 1.73 bits per heavy atom. The van der Waals surface area contributed by atoms with E-state index in [1.807, 2.05) is 6.92 Å². The quantitative estimate of drug-likeness (QED) is 0.361. The topological polar surface area (TPSA) is 96.2 Å². The maximum Gasteiger partial charge on any atom is 1.00 e. The predicted octanol–water partition coefficient (Wildman–Crippen LogP) is 0.318. The molecule has 0 spiro atoms. The van der Waals surface area contributed by atoms with Gasteiger partial charge in [0.25, 0.3) is 0 Å². The van der Waals surface area contributed by atoms with Crippen LogP contribution in [0.3, 0.4) is 0 Å². The molecule has 0 rings (SSSR count). The maximum absolute atomic E-state index is 10.6. The molecule has 0 aromatic heterocycles. The summed E-state index contributed by atoms with van der Waals surface area (Å²) >= 11 is 0. The third-order valence-electron chi connectivity index (χ3n) is 2.53. The van der Waals surface area contributed by atoms with Crippen molar-refractivity contribution in [2.45, 2.75) is 66.5 Å². The molecule has 0 bridgehead atoms. The number of carbonyl (C=O) groups is 2. The fourth-order valence-corrected chi connectivity index (χ4v) is 1.23. The Balaban J connectivity index is -0.000000225. The number of hydrogen-bond acceptors (Lipinski definition) is 4. The number of aliphatic imine (C=N–C) groups is 1. The standard InChI is InChI=1S/C12H23NO3.C3H6O2.Na.H/c1-5-11(13-10(4)12(14)15)16-8-6-7-9(2)3;1-2-3(4)5;;/h9,11H,5-8H2,1-4H3,(H,14,15);2H2,1H3,(H,4,5);;/q;;+1;-1. The van der Waals surface area contributed by atoms with Gasteiger partial charge in [-0.3, -0.25) is 9.79 Å². The minimum Gasteiger partial charge on any atom is -1.00 e. The number of carboxylic acid groups (broad SMARTS) is 2. The summed E-state index contributed by atoms with van der Waals surface area (Å²) in [5.41, 5.74) is 0.107. The first kappa shape index (κ1) is 26.5. The Kier molecular flexibility index (Phi) is 20.4. The molecule has 7 heteroatoms. The number of ether oxygens (including phenoxy) is 1. The fraction of sp³-hybridized carbons (Fsp3) is 0.800. The van der Waals surface area contributed by atoms with Crippen LogP contribution in [0.4, 0.5) is 0 Å². The van der Waals surface area contributed by atoms with Gasteiger partial charge < -0.3 is 16.4 Å². The van der Waals surface area contributed by atoms with E-state index in [2.05, 4.69) is 18.8 Å². The second kappa shape index (κ2) is 16.9. The zero-order valence-corrected chi connectivity index (χ0v) is 16.8. The van der Waals surface area contributed by atoms with Gasteiger partial charge in [0.1, 0.15) is 11.9 Å². The van der Waals surface area contributed by atoms with Crippen LogP contribution in [-0.2, 0) is 14.3 Å². The maximum atomic E-state index is 10.6. The van der Waals surface area contributed by atoms with Crippen molar-refractivity contribution in [1.82, 2.24) is 0 Å². The molecule has 126 valence electrons. The van der Waals surface area contributed by atoms with Gasteiger partial charge in [-0.05, 0) is 32.1 Å². The van der Waals surface area contributed by atoms with E-state index in [-0.39, 0.29) is 49.3 Å². The Morgan fingerprint density at radius 1 is 1.23 bits per heavy atom. The number of hydrogen-bond donors (Lipinski definition) is 2. The van der Waals surface area contributed by atoms with E-state index in [9.17, 15) is 9.59 Å². The molecule has 0 aliphatic heterocycles. The van der Waals surface area contributed by atoms with E-state index in [4.69, 9.17) is 14.9 Å². The zero-order valence-electron chi connectivity index (χ0n) is 15.8. The summed E-state index contributed by atoms with van der Waals surface area (Å²) in [5, 5.41) is 16.4. The first-order valence-corrected chi connectivity index (χ1v) is 7.35. The number of aliphatic carboxylic acids is 2. The van der Waals surface area contributed by atoms with Crippen molar-refractivity contribution in [1.29, 1.82) is 0 Å². The van der Waals surface area contributed by atoms with Crippen LogP contribution in [0, 0.1) is 5.92 Å². The molecule has 2 N–H and O–H groups in total. The SMILES string of the molecule is CCC(=O)O.CCC(N=C(C)C(=O)O)OCCCC(C)C.[H-].[Na+]. The first-order valence-electron chi connectivity index (χ1n) is 7.35. The smallest absolute Gasteiger partial charge is 1.00 e.